The third-order valence-corrected chi connectivity index (χ3v) is 2.35. The molecule has 1 heterocycles. The summed E-state index contributed by atoms with van der Waals surface area (Å²) in [5.41, 5.74) is 5.91. The van der Waals surface area contributed by atoms with E-state index in [-0.39, 0.29) is 11.7 Å². The fourth-order valence-corrected chi connectivity index (χ4v) is 1.55. The number of imidazole rings is 1. The first-order valence-corrected chi connectivity index (χ1v) is 5.20. The quantitative estimate of drug-likeness (QED) is 0.759. The van der Waals surface area contributed by atoms with Gasteiger partial charge in [-0.2, -0.15) is 0 Å². The fourth-order valence-electron chi connectivity index (χ4n) is 1.55. The van der Waals surface area contributed by atoms with Gasteiger partial charge in [0.15, 0.2) is 0 Å². The van der Waals surface area contributed by atoms with Gasteiger partial charge in [0.25, 0.3) is 0 Å². The molecule has 1 atom stereocenters. The third kappa shape index (κ3) is 2.48. The molecular formula is C10H19N3O. The van der Waals surface area contributed by atoms with Crippen LogP contribution in [0.25, 0.3) is 0 Å². The second-order valence-corrected chi connectivity index (χ2v) is 3.57. The lowest BCUT2D eigenvalue weighted by atomic mass is 10.2. The lowest BCUT2D eigenvalue weighted by molar-refractivity contribution is 0.498. The monoisotopic (exact) mass is 197 g/mol. The van der Waals surface area contributed by atoms with Crippen molar-refractivity contribution in [3.05, 3.63) is 22.9 Å². The summed E-state index contributed by atoms with van der Waals surface area (Å²) in [4.78, 5) is 11.6. The molecule has 4 nitrogen and oxygen atoms in total. The highest BCUT2D eigenvalue weighted by atomic mass is 16.1. The first-order valence-electron chi connectivity index (χ1n) is 5.20. The van der Waals surface area contributed by atoms with Crippen LogP contribution < -0.4 is 11.4 Å². The number of hydrogen-bond acceptors (Lipinski definition) is 2. The van der Waals surface area contributed by atoms with Crippen molar-refractivity contribution in [2.24, 2.45) is 5.73 Å². The molecule has 80 valence electrons. The minimum Gasteiger partial charge on any atom is -0.326 e. The Kier molecular flexibility index (Phi) is 3.95. The fraction of sp³-hybridized carbons (Fsp3) is 0.700. The van der Waals surface area contributed by atoms with E-state index in [2.05, 4.69) is 6.92 Å². The van der Waals surface area contributed by atoms with Crippen LogP contribution in [0.5, 0.6) is 0 Å². The van der Waals surface area contributed by atoms with Crippen LogP contribution >= 0.6 is 0 Å². The number of hydrogen-bond donors (Lipinski definition) is 1. The molecule has 1 rings (SSSR count). The number of aryl methyl sites for hydroxylation is 1. The van der Waals surface area contributed by atoms with Gasteiger partial charge in [-0.05, 0) is 13.3 Å². The molecule has 0 aliphatic heterocycles. The summed E-state index contributed by atoms with van der Waals surface area (Å²) in [6, 6.07) is 0.0883. The van der Waals surface area contributed by atoms with Crippen molar-refractivity contribution in [2.75, 3.05) is 0 Å². The van der Waals surface area contributed by atoms with Gasteiger partial charge in [-0.3, -0.25) is 9.13 Å². The molecule has 4 heteroatoms. The SMILES string of the molecule is CCCC(N)Cn1ccn(CC)c1=O. The zero-order chi connectivity index (χ0) is 10.6. The van der Waals surface area contributed by atoms with E-state index < -0.39 is 0 Å². The second-order valence-electron chi connectivity index (χ2n) is 3.57. The Hall–Kier alpha value is -1.03. The Bertz CT molecular complexity index is 326. The van der Waals surface area contributed by atoms with Gasteiger partial charge in [-0.1, -0.05) is 13.3 Å². The molecule has 1 aromatic heterocycles. The molecule has 0 aliphatic rings. The van der Waals surface area contributed by atoms with Crippen LogP contribution in [0.15, 0.2) is 17.2 Å². The highest BCUT2D eigenvalue weighted by Crippen LogP contribution is 1.96. The number of rotatable bonds is 5. The second kappa shape index (κ2) is 5.00. The van der Waals surface area contributed by atoms with E-state index in [0.29, 0.717) is 6.54 Å². The van der Waals surface area contributed by atoms with Gasteiger partial charge >= 0.3 is 5.69 Å². The average molecular weight is 197 g/mol. The molecule has 2 N–H and O–H groups in total. The zero-order valence-electron chi connectivity index (χ0n) is 8.94. The minimum absolute atomic E-state index is 0.0408. The van der Waals surface area contributed by atoms with Crippen molar-refractivity contribution in [2.45, 2.75) is 45.8 Å². The summed E-state index contributed by atoms with van der Waals surface area (Å²) in [6.07, 6.45) is 5.64. The molecule has 1 unspecified atom stereocenters. The molecule has 0 radical (unpaired) electrons. The molecule has 0 bridgehead atoms. The minimum atomic E-state index is 0.0408. The Morgan fingerprint density at radius 3 is 2.50 bits per heavy atom. The molecule has 0 saturated heterocycles. The van der Waals surface area contributed by atoms with E-state index in [1.165, 1.54) is 0 Å². The van der Waals surface area contributed by atoms with Crippen molar-refractivity contribution in [1.82, 2.24) is 9.13 Å². The molecule has 0 aliphatic carbocycles. The standard InChI is InChI=1S/C10H19N3O/c1-3-5-9(11)8-13-7-6-12(4-2)10(13)14/h6-7,9H,3-5,8,11H2,1-2H3. The highest BCUT2D eigenvalue weighted by Gasteiger charge is 2.06. The number of nitrogens with two attached hydrogens (primary N) is 1. The molecule has 0 spiro atoms. The molecule has 14 heavy (non-hydrogen) atoms. The molecular weight excluding hydrogens is 178 g/mol. The Balaban J connectivity index is 2.67. The average Bonchev–Trinajstić information content (AvgIpc) is 2.48. The van der Waals surface area contributed by atoms with Gasteiger partial charge in [0.1, 0.15) is 0 Å². The zero-order valence-corrected chi connectivity index (χ0v) is 8.94. The van der Waals surface area contributed by atoms with Gasteiger partial charge in [0.05, 0.1) is 0 Å². The molecule has 0 amide bonds. The molecule has 0 saturated carbocycles. The van der Waals surface area contributed by atoms with Crippen LogP contribution in [-0.4, -0.2) is 15.2 Å². The van der Waals surface area contributed by atoms with Gasteiger partial charge in [-0.25, -0.2) is 4.79 Å². The van der Waals surface area contributed by atoms with E-state index >= 15 is 0 Å². The van der Waals surface area contributed by atoms with E-state index in [4.69, 9.17) is 5.73 Å². The lowest BCUT2D eigenvalue weighted by Crippen LogP contribution is -2.32. The Morgan fingerprint density at radius 1 is 1.36 bits per heavy atom. The number of aromatic nitrogens is 2. The van der Waals surface area contributed by atoms with Crippen molar-refractivity contribution < 1.29 is 0 Å². The Morgan fingerprint density at radius 2 is 2.00 bits per heavy atom. The summed E-state index contributed by atoms with van der Waals surface area (Å²) < 4.78 is 3.36. The van der Waals surface area contributed by atoms with E-state index in [0.717, 1.165) is 19.4 Å². The summed E-state index contributed by atoms with van der Waals surface area (Å²) in [7, 11) is 0. The van der Waals surface area contributed by atoms with Crippen LogP contribution in [0, 0.1) is 0 Å². The van der Waals surface area contributed by atoms with Gasteiger partial charge < -0.3 is 5.73 Å². The van der Waals surface area contributed by atoms with Crippen LogP contribution in [0.3, 0.4) is 0 Å². The van der Waals surface area contributed by atoms with Crippen molar-refractivity contribution in [3.8, 4) is 0 Å². The summed E-state index contributed by atoms with van der Waals surface area (Å²) >= 11 is 0. The predicted molar refractivity (Wildman–Crippen MR) is 57.2 cm³/mol. The third-order valence-electron chi connectivity index (χ3n) is 2.35. The van der Waals surface area contributed by atoms with Crippen molar-refractivity contribution >= 4 is 0 Å². The normalized spacial score (nSPS) is 13.1. The van der Waals surface area contributed by atoms with E-state index in [1.54, 1.807) is 21.5 Å². The lowest BCUT2D eigenvalue weighted by Gasteiger charge is -2.09. The predicted octanol–water partition coefficient (Wildman–Crippen LogP) is 0.797. The number of nitrogens with zero attached hydrogens (tertiary/aromatic N) is 2. The first kappa shape index (κ1) is 11.0. The van der Waals surface area contributed by atoms with Gasteiger partial charge in [0, 0.05) is 31.5 Å². The summed E-state index contributed by atoms with van der Waals surface area (Å²) in [6.45, 7) is 5.39. The maximum absolute atomic E-state index is 11.6. The topological polar surface area (TPSA) is 52.9 Å². The van der Waals surface area contributed by atoms with E-state index in [1.807, 2.05) is 6.92 Å². The van der Waals surface area contributed by atoms with Crippen molar-refractivity contribution in [1.29, 1.82) is 0 Å². The smallest absolute Gasteiger partial charge is 0.326 e. The van der Waals surface area contributed by atoms with Crippen LogP contribution in [0.1, 0.15) is 26.7 Å². The molecule has 0 aromatic carbocycles. The van der Waals surface area contributed by atoms with Crippen LogP contribution in [0.4, 0.5) is 0 Å². The highest BCUT2D eigenvalue weighted by molar-refractivity contribution is 4.82. The maximum atomic E-state index is 11.6. The van der Waals surface area contributed by atoms with Gasteiger partial charge in [-0.15, -0.1) is 0 Å². The first-order chi connectivity index (χ1) is 6.69. The molecule has 0 fully saturated rings. The van der Waals surface area contributed by atoms with Crippen LogP contribution in [-0.2, 0) is 13.1 Å². The maximum Gasteiger partial charge on any atom is 0.328 e. The summed E-state index contributed by atoms with van der Waals surface area (Å²) in [5.74, 6) is 0. The summed E-state index contributed by atoms with van der Waals surface area (Å²) in [5, 5.41) is 0. The largest absolute Gasteiger partial charge is 0.328 e. The van der Waals surface area contributed by atoms with Gasteiger partial charge in [0.2, 0.25) is 0 Å². The van der Waals surface area contributed by atoms with Crippen LogP contribution in [0.2, 0.25) is 0 Å². The Labute approximate surface area is 84.3 Å². The van der Waals surface area contributed by atoms with Crippen molar-refractivity contribution in [3.63, 3.8) is 0 Å². The molecule has 1 aromatic rings. The van der Waals surface area contributed by atoms with E-state index in [9.17, 15) is 4.79 Å².